The van der Waals surface area contributed by atoms with Gasteiger partial charge in [-0.1, -0.05) is 0 Å². The van der Waals surface area contributed by atoms with Crippen LogP contribution in [0, 0.1) is 10.1 Å². The lowest BCUT2D eigenvalue weighted by Crippen LogP contribution is -2.37. The molecular formula is C18H17N3O6S. The number of anilines is 1. The summed E-state index contributed by atoms with van der Waals surface area (Å²) in [4.78, 5) is 33.5. The van der Waals surface area contributed by atoms with Crippen molar-refractivity contribution in [3.05, 3.63) is 64.2 Å². The third-order valence-electron chi connectivity index (χ3n) is 3.32. The second-order valence-electron chi connectivity index (χ2n) is 5.34. The summed E-state index contributed by atoms with van der Waals surface area (Å²) in [6.45, 7) is 1.69. The number of thiocarbonyl (C=S) groups is 1. The fraction of sp³-hybridized carbons (Fsp3) is 0.167. The van der Waals surface area contributed by atoms with Crippen molar-refractivity contribution in [3.63, 3.8) is 0 Å². The number of rotatable bonds is 7. The molecule has 0 aromatic heterocycles. The van der Waals surface area contributed by atoms with Crippen LogP contribution in [0.5, 0.6) is 5.75 Å². The summed E-state index contributed by atoms with van der Waals surface area (Å²) in [5.41, 5.74) is 0.907. The van der Waals surface area contributed by atoms with Gasteiger partial charge in [0, 0.05) is 17.8 Å². The van der Waals surface area contributed by atoms with E-state index in [9.17, 15) is 19.7 Å². The van der Waals surface area contributed by atoms with E-state index in [-0.39, 0.29) is 24.0 Å². The lowest BCUT2D eigenvalue weighted by atomic mass is 10.2. The highest BCUT2D eigenvalue weighted by molar-refractivity contribution is 7.80. The molecule has 0 bridgehead atoms. The highest BCUT2D eigenvalue weighted by Gasteiger charge is 2.09. The van der Waals surface area contributed by atoms with Gasteiger partial charge in [-0.3, -0.25) is 20.2 Å². The monoisotopic (exact) mass is 403 g/mol. The van der Waals surface area contributed by atoms with Crippen molar-refractivity contribution in [2.75, 3.05) is 18.5 Å². The summed E-state index contributed by atoms with van der Waals surface area (Å²) >= 11 is 5.05. The van der Waals surface area contributed by atoms with Gasteiger partial charge in [0.15, 0.2) is 11.7 Å². The lowest BCUT2D eigenvalue weighted by molar-refractivity contribution is -0.384. The summed E-state index contributed by atoms with van der Waals surface area (Å²) in [5.74, 6) is -0.610. The molecule has 0 fully saturated rings. The van der Waals surface area contributed by atoms with E-state index < -0.39 is 16.8 Å². The van der Waals surface area contributed by atoms with E-state index >= 15 is 0 Å². The van der Waals surface area contributed by atoms with Gasteiger partial charge >= 0.3 is 5.97 Å². The number of nitrogens with one attached hydrogen (secondary N) is 2. The predicted molar refractivity (Wildman–Crippen MR) is 105 cm³/mol. The van der Waals surface area contributed by atoms with Crippen LogP contribution in [-0.2, 0) is 9.53 Å². The molecule has 0 spiro atoms. The standard InChI is InChI=1S/C18H17N3O6S/c1-2-26-17(23)12-3-5-13(6-4-12)19-18(28)20-16(22)11-27-15-9-7-14(8-10-15)21(24)25/h3-10H,2,11H2,1H3,(H2,19,20,22,28). The Morgan fingerprint density at radius 3 is 2.32 bits per heavy atom. The van der Waals surface area contributed by atoms with E-state index in [1.165, 1.54) is 24.3 Å². The van der Waals surface area contributed by atoms with Gasteiger partial charge in [0.1, 0.15) is 5.75 Å². The highest BCUT2D eigenvalue weighted by Crippen LogP contribution is 2.17. The molecule has 0 aliphatic heterocycles. The molecule has 0 saturated carbocycles. The maximum Gasteiger partial charge on any atom is 0.338 e. The summed E-state index contributed by atoms with van der Waals surface area (Å²) < 4.78 is 10.1. The Morgan fingerprint density at radius 1 is 1.11 bits per heavy atom. The topological polar surface area (TPSA) is 120 Å². The molecular weight excluding hydrogens is 386 g/mol. The number of amides is 1. The van der Waals surface area contributed by atoms with Crippen molar-refractivity contribution in [2.45, 2.75) is 6.92 Å². The Hall–Kier alpha value is -3.53. The second-order valence-corrected chi connectivity index (χ2v) is 5.75. The summed E-state index contributed by atoms with van der Waals surface area (Å²) in [6, 6.07) is 11.7. The Morgan fingerprint density at radius 2 is 1.75 bits per heavy atom. The molecule has 1 amide bonds. The minimum atomic E-state index is -0.528. The van der Waals surface area contributed by atoms with Crippen molar-refractivity contribution in [1.82, 2.24) is 5.32 Å². The van der Waals surface area contributed by atoms with Crippen LogP contribution in [-0.4, -0.2) is 35.1 Å². The number of nitro groups is 1. The number of hydrogen-bond acceptors (Lipinski definition) is 7. The van der Waals surface area contributed by atoms with E-state index in [0.717, 1.165) is 0 Å². The number of nitrogens with zero attached hydrogens (tertiary/aromatic N) is 1. The van der Waals surface area contributed by atoms with Gasteiger partial charge in [0.25, 0.3) is 11.6 Å². The van der Waals surface area contributed by atoms with Crippen LogP contribution < -0.4 is 15.4 Å². The second kappa shape index (κ2) is 9.97. The van der Waals surface area contributed by atoms with Crippen LogP contribution in [0.15, 0.2) is 48.5 Å². The number of esters is 1. The van der Waals surface area contributed by atoms with Gasteiger partial charge in [-0.15, -0.1) is 0 Å². The molecule has 10 heteroatoms. The Kier molecular flexibility index (Phi) is 7.40. The first-order chi connectivity index (χ1) is 13.4. The van der Waals surface area contributed by atoms with Gasteiger partial charge < -0.3 is 14.8 Å². The number of ether oxygens (including phenoxy) is 2. The molecule has 0 heterocycles. The smallest absolute Gasteiger partial charge is 0.338 e. The lowest BCUT2D eigenvalue weighted by Gasteiger charge is -2.11. The number of hydrogen-bond donors (Lipinski definition) is 2. The zero-order valence-corrected chi connectivity index (χ0v) is 15.7. The van der Waals surface area contributed by atoms with E-state index in [2.05, 4.69) is 10.6 Å². The molecule has 9 nitrogen and oxygen atoms in total. The molecule has 2 aromatic carbocycles. The highest BCUT2D eigenvalue weighted by atomic mass is 32.1. The Bertz CT molecular complexity index is 868. The van der Waals surface area contributed by atoms with E-state index in [1.807, 2.05) is 0 Å². The number of non-ortho nitro benzene ring substituents is 1. The van der Waals surface area contributed by atoms with Gasteiger partial charge in [0.2, 0.25) is 0 Å². The molecule has 0 saturated heterocycles. The van der Waals surface area contributed by atoms with Crippen molar-refractivity contribution in [2.24, 2.45) is 0 Å². The maximum absolute atomic E-state index is 11.9. The summed E-state index contributed by atoms with van der Waals surface area (Å²) in [7, 11) is 0. The fourth-order valence-corrected chi connectivity index (χ4v) is 2.27. The molecule has 0 radical (unpaired) electrons. The van der Waals surface area contributed by atoms with Gasteiger partial charge in [-0.25, -0.2) is 4.79 Å². The van der Waals surface area contributed by atoms with Crippen molar-refractivity contribution in [1.29, 1.82) is 0 Å². The zero-order valence-electron chi connectivity index (χ0n) is 14.8. The average molecular weight is 403 g/mol. The minimum absolute atomic E-state index is 0.0567. The number of benzene rings is 2. The predicted octanol–water partition coefficient (Wildman–Crippen LogP) is 2.66. The Labute approximate surface area is 165 Å². The molecule has 28 heavy (non-hydrogen) atoms. The summed E-state index contributed by atoms with van der Waals surface area (Å²) in [6.07, 6.45) is 0. The van der Waals surface area contributed by atoms with Crippen LogP contribution >= 0.6 is 12.2 Å². The van der Waals surface area contributed by atoms with Crippen LogP contribution in [0.1, 0.15) is 17.3 Å². The average Bonchev–Trinajstić information content (AvgIpc) is 2.67. The molecule has 0 aliphatic carbocycles. The molecule has 146 valence electrons. The third kappa shape index (κ3) is 6.32. The first-order valence-electron chi connectivity index (χ1n) is 8.14. The molecule has 0 unspecified atom stereocenters. The van der Waals surface area contributed by atoms with Gasteiger partial charge in [0.05, 0.1) is 17.1 Å². The molecule has 2 N–H and O–H groups in total. The van der Waals surface area contributed by atoms with Crippen molar-refractivity contribution in [3.8, 4) is 5.75 Å². The zero-order chi connectivity index (χ0) is 20.5. The molecule has 2 aromatic rings. The number of nitro benzene ring substituents is 1. The van der Waals surface area contributed by atoms with Crippen molar-refractivity contribution < 1.29 is 24.0 Å². The first kappa shape index (κ1) is 20.8. The van der Waals surface area contributed by atoms with Gasteiger partial charge in [-0.2, -0.15) is 0 Å². The minimum Gasteiger partial charge on any atom is -0.484 e. The molecule has 0 aliphatic rings. The SMILES string of the molecule is CCOC(=O)c1ccc(NC(=S)NC(=O)COc2ccc([N+](=O)[O-])cc2)cc1. The maximum atomic E-state index is 11.9. The van der Waals surface area contributed by atoms with Crippen LogP contribution in [0.4, 0.5) is 11.4 Å². The van der Waals surface area contributed by atoms with Crippen LogP contribution in [0.2, 0.25) is 0 Å². The van der Waals surface area contributed by atoms with E-state index in [0.29, 0.717) is 17.0 Å². The number of carbonyl (C=O) groups is 2. The normalized spacial score (nSPS) is 9.89. The quantitative estimate of drug-likeness (QED) is 0.313. The molecule has 2 rings (SSSR count). The van der Waals surface area contributed by atoms with Crippen LogP contribution in [0.25, 0.3) is 0 Å². The van der Waals surface area contributed by atoms with Crippen molar-refractivity contribution >= 4 is 40.6 Å². The number of carbonyl (C=O) groups excluding carboxylic acids is 2. The third-order valence-corrected chi connectivity index (χ3v) is 3.53. The molecule has 0 atom stereocenters. The summed E-state index contributed by atoms with van der Waals surface area (Å²) in [5, 5.41) is 15.9. The van der Waals surface area contributed by atoms with E-state index in [1.54, 1.807) is 31.2 Å². The fourth-order valence-electron chi connectivity index (χ4n) is 2.04. The first-order valence-corrected chi connectivity index (χ1v) is 8.55. The van der Waals surface area contributed by atoms with E-state index in [4.69, 9.17) is 21.7 Å². The van der Waals surface area contributed by atoms with Crippen LogP contribution in [0.3, 0.4) is 0 Å². The van der Waals surface area contributed by atoms with Gasteiger partial charge in [-0.05, 0) is 55.5 Å². The Balaban J connectivity index is 1.79. The largest absolute Gasteiger partial charge is 0.484 e.